The van der Waals surface area contributed by atoms with Gasteiger partial charge in [-0.2, -0.15) is 0 Å². The van der Waals surface area contributed by atoms with Crippen molar-refractivity contribution in [2.75, 3.05) is 0 Å². The first-order valence-electron chi connectivity index (χ1n) is 12.5. The molecule has 5 heteroatoms. The van der Waals surface area contributed by atoms with E-state index in [1.807, 2.05) is 0 Å². The highest BCUT2D eigenvalue weighted by Crippen LogP contribution is 2.14. The van der Waals surface area contributed by atoms with Crippen LogP contribution in [0.15, 0.2) is 0 Å². The first-order valence-corrected chi connectivity index (χ1v) is 12.5. The van der Waals surface area contributed by atoms with Crippen LogP contribution < -0.4 is 0 Å². The molecule has 0 saturated carbocycles. The molecule has 3 amide bonds. The summed E-state index contributed by atoms with van der Waals surface area (Å²) in [6.07, 6.45) is 17.9. The highest BCUT2D eigenvalue weighted by molar-refractivity contribution is 6.10. The molecule has 0 aromatic rings. The molecule has 30 heavy (non-hydrogen) atoms. The van der Waals surface area contributed by atoms with Crippen molar-refractivity contribution < 1.29 is 19.1 Å². The van der Waals surface area contributed by atoms with E-state index >= 15 is 0 Å². The summed E-state index contributed by atoms with van der Waals surface area (Å²) in [7, 11) is 0. The average Bonchev–Trinajstić information content (AvgIpc) is 2.70. The van der Waals surface area contributed by atoms with Gasteiger partial charge in [-0.15, -0.1) is 0 Å². The minimum Gasteiger partial charge on any atom is -0.274 e. The predicted molar refractivity (Wildman–Crippen MR) is 124 cm³/mol. The van der Waals surface area contributed by atoms with Gasteiger partial charge in [0.05, 0.1) is 0 Å². The summed E-state index contributed by atoms with van der Waals surface area (Å²) < 4.78 is 0. The number of hydrogen-bond acceptors (Lipinski definition) is 3. The first kappa shape index (κ1) is 30.9. The van der Waals surface area contributed by atoms with Crippen molar-refractivity contribution in [3.8, 4) is 0 Å². The lowest BCUT2D eigenvalue weighted by Crippen LogP contribution is -2.41. The van der Waals surface area contributed by atoms with E-state index in [9.17, 15) is 14.4 Å². The van der Waals surface area contributed by atoms with Crippen LogP contribution >= 0.6 is 0 Å². The molecule has 178 valence electrons. The molecule has 0 fully saturated rings. The third-order valence-electron chi connectivity index (χ3n) is 5.48. The molecule has 0 aliphatic rings. The van der Waals surface area contributed by atoms with Crippen LogP contribution in [-0.4, -0.2) is 22.6 Å². The maximum Gasteiger partial charge on any atom is 0.236 e. The highest BCUT2D eigenvalue weighted by Gasteiger charge is 2.26. The largest absolute Gasteiger partial charge is 0.274 e. The topological polar surface area (TPSA) is 54.5 Å². The van der Waals surface area contributed by atoms with Gasteiger partial charge in [0.25, 0.3) is 0 Å². The molecule has 0 aliphatic heterocycles. The molecule has 0 aromatic carbocycles. The van der Waals surface area contributed by atoms with Crippen molar-refractivity contribution in [1.29, 1.82) is 0 Å². The van der Waals surface area contributed by atoms with Gasteiger partial charge in [-0.25, -0.2) is 4.90 Å². The molecule has 0 aliphatic carbocycles. The summed E-state index contributed by atoms with van der Waals surface area (Å²) >= 11 is 0. The summed E-state index contributed by atoms with van der Waals surface area (Å²) in [4.78, 5) is 39.0. The number of carbonyl (C=O) groups is 3. The number of rotatable bonds is 19. The number of hydrogen-bond donors (Lipinski definition) is 0. The van der Waals surface area contributed by atoms with E-state index in [0.717, 1.165) is 75.5 Å². The molecular formula is C25H48FNO3. The van der Waals surface area contributed by atoms with Gasteiger partial charge in [-0.3, -0.25) is 19.1 Å². The lowest BCUT2D eigenvalue weighted by atomic mass is 10.1. The van der Waals surface area contributed by atoms with Gasteiger partial charge in [0.1, 0.15) is 0 Å². The van der Waals surface area contributed by atoms with Crippen LogP contribution in [0.4, 0.5) is 4.70 Å². The Balaban J connectivity index is 0. The second-order valence-electron chi connectivity index (χ2n) is 8.36. The second-order valence-corrected chi connectivity index (χ2v) is 8.36. The lowest BCUT2D eigenvalue weighted by molar-refractivity contribution is -0.154. The van der Waals surface area contributed by atoms with E-state index in [4.69, 9.17) is 0 Å². The fourth-order valence-corrected chi connectivity index (χ4v) is 3.57. The van der Waals surface area contributed by atoms with Gasteiger partial charge in [0, 0.05) is 19.3 Å². The normalized spacial score (nSPS) is 10.5. The lowest BCUT2D eigenvalue weighted by Gasteiger charge is -2.19. The SMILES string of the molecule is CCCCCCCCC(=O)N(C(=O)CCCCCCC)C(=O)CCCCCCC.F. The first-order chi connectivity index (χ1) is 14.1. The molecule has 0 spiro atoms. The zero-order valence-electron chi connectivity index (χ0n) is 20.0. The van der Waals surface area contributed by atoms with Gasteiger partial charge in [0.15, 0.2) is 0 Å². The van der Waals surface area contributed by atoms with Crippen LogP contribution in [0.3, 0.4) is 0 Å². The van der Waals surface area contributed by atoms with Crippen molar-refractivity contribution in [1.82, 2.24) is 4.90 Å². The van der Waals surface area contributed by atoms with Crippen molar-refractivity contribution in [2.45, 2.75) is 143 Å². The van der Waals surface area contributed by atoms with Gasteiger partial charge < -0.3 is 0 Å². The third-order valence-corrected chi connectivity index (χ3v) is 5.48. The number of amides is 3. The fraction of sp³-hybridized carbons (Fsp3) is 0.880. The van der Waals surface area contributed by atoms with Gasteiger partial charge >= 0.3 is 0 Å². The molecule has 0 N–H and O–H groups in total. The molecule has 0 radical (unpaired) electrons. The van der Waals surface area contributed by atoms with E-state index < -0.39 is 0 Å². The average molecular weight is 430 g/mol. The zero-order valence-corrected chi connectivity index (χ0v) is 20.0. The predicted octanol–water partition coefficient (Wildman–Crippen LogP) is 7.49. The maximum atomic E-state index is 12.7. The summed E-state index contributed by atoms with van der Waals surface area (Å²) in [5, 5.41) is 0. The Morgan fingerprint density at radius 1 is 0.433 bits per heavy atom. The van der Waals surface area contributed by atoms with E-state index in [1.54, 1.807) is 0 Å². The standard InChI is InChI=1S/C25H47NO3.FH/c1-4-7-10-13-16-19-22-25(29)26(23(27)20-17-14-11-8-5-2)24(28)21-18-15-12-9-6-3;/h4-22H2,1-3H3;1H. The summed E-state index contributed by atoms with van der Waals surface area (Å²) in [6.45, 7) is 6.50. The number of halogens is 1. The Labute approximate surface area is 184 Å². The molecule has 0 atom stereocenters. The molecule has 0 aromatic heterocycles. The van der Waals surface area contributed by atoms with Gasteiger partial charge in [-0.1, -0.05) is 104 Å². The monoisotopic (exact) mass is 429 g/mol. The molecule has 0 heterocycles. The van der Waals surface area contributed by atoms with Crippen molar-refractivity contribution in [3.63, 3.8) is 0 Å². The zero-order chi connectivity index (χ0) is 21.7. The van der Waals surface area contributed by atoms with Crippen LogP contribution in [0.25, 0.3) is 0 Å². The molecule has 0 saturated heterocycles. The fourth-order valence-electron chi connectivity index (χ4n) is 3.57. The van der Waals surface area contributed by atoms with Gasteiger partial charge in [-0.05, 0) is 19.3 Å². The van der Waals surface area contributed by atoms with E-state index in [2.05, 4.69) is 20.8 Å². The molecule has 0 rings (SSSR count). The van der Waals surface area contributed by atoms with Crippen LogP contribution in [0.1, 0.15) is 143 Å². The second kappa shape index (κ2) is 22.4. The van der Waals surface area contributed by atoms with E-state index in [1.165, 1.54) is 32.1 Å². The van der Waals surface area contributed by atoms with Crippen molar-refractivity contribution >= 4 is 17.7 Å². The van der Waals surface area contributed by atoms with Gasteiger partial charge in [0.2, 0.25) is 17.7 Å². The maximum absolute atomic E-state index is 12.7. The third kappa shape index (κ3) is 16.5. The van der Waals surface area contributed by atoms with Crippen LogP contribution in [0, 0.1) is 0 Å². The van der Waals surface area contributed by atoms with Crippen LogP contribution in [0.2, 0.25) is 0 Å². The smallest absolute Gasteiger partial charge is 0.236 e. The van der Waals surface area contributed by atoms with E-state index in [0.29, 0.717) is 19.3 Å². The summed E-state index contributed by atoms with van der Waals surface area (Å²) in [5.41, 5.74) is 0. The Morgan fingerprint density at radius 2 is 0.667 bits per heavy atom. The number of imide groups is 3. The Bertz CT molecular complexity index is 414. The number of nitrogens with zero attached hydrogens (tertiary/aromatic N) is 1. The van der Waals surface area contributed by atoms with Crippen molar-refractivity contribution in [3.05, 3.63) is 0 Å². The van der Waals surface area contributed by atoms with E-state index in [-0.39, 0.29) is 22.4 Å². The Kier molecular flexibility index (Phi) is 23.1. The molecule has 0 unspecified atom stereocenters. The van der Waals surface area contributed by atoms with Crippen LogP contribution in [-0.2, 0) is 14.4 Å². The minimum atomic E-state index is -0.281. The molecule has 0 bridgehead atoms. The summed E-state index contributed by atoms with van der Waals surface area (Å²) in [6, 6.07) is 0. The Morgan fingerprint density at radius 3 is 0.933 bits per heavy atom. The highest BCUT2D eigenvalue weighted by atomic mass is 19.0. The number of unbranched alkanes of at least 4 members (excludes halogenated alkanes) is 13. The quantitative estimate of drug-likeness (QED) is 0.200. The molecule has 4 nitrogen and oxygen atoms in total. The number of carbonyl (C=O) groups excluding carboxylic acids is 3. The molecular weight excluding hydrogens is 381 g/mol. The van der Waals surface area contributed by atoms with Crippen molar-refractivity contribution in [2.24, 2.45) is 0 Å². The minimum absolute atomic E-state index is 0. The summed E-state index contributed by atoms with van der Waals surface area (Å²) in [5.74, 6) is -0.843. The van der Waals surface area contributed by atoms with Crippen LogP contribution in [0.5, 0.6) is 0 Å². The Hall–Kier alpha value is -1.26.